The fraction of sp³-hybridized carbons (Fsp3) is 0.800. The van der Waals surface area contributed by atoms with Crippen LogP contribution >= 0.6 is 0 Å². The first-order valence-electron chi connectivity index (χ1n) is 5.18. The van der Waals surface area contributed by atoms with Crippen molar-refractivity contribution in [2.45, 2.75) is 6.42 Å². The van der Waals surface area contributed by atoms with Crippen LogP contribution in [0.25, 0.3) is 0 Å². The molecule has 1 saturated heterocycles. The van der Waals surface area contributed by atoms with Gasteiger partial charge >= 0.3 is 0 Å². The largest absolute Gasteiger partial charge is 0.395 e. The van der Waals surface area contributed by atoms with Crippen molar-refractivity contribution in [3.05, 3.63) is 12.4 Å². The first-order chi connectivity index (χ1) is 6.72. The summed E-state index contributed by atoms with van der Waals surface area (Å²) in [5.74, 6) is 1.54. The molecule has 82 valence electrons. The van der Waals surface area contributed by atoms with Gasteiger partial charge in [-0.15, -0.1) is 0 Å². The monoisotopic (exact) mass is 199 g/mol. The highest BCUT2D eigenvalue weighted by Crippen LogP contribution is 2.12. The maximum atomic E-state index is 8.59. The highest BCUT2D eigenvalue weighted by molar-refractivity contribution is 4.89. The van der Waals surface area contributed by atoms with E-state index in [9.17, 15) is 0 Å². The second-order valence-electron chi connectivity index (χ2n) is 3.93. The Hall–Kier alpha value is -0.740. The number of nitrogens with zero attached hydrogens (tertiary/aromatic N) is 1. The van der Waals surface area contributed by atoms with E-state index in [-0.39, 0.29) is 6.61 Å². The van der Waals surface area contributed by atoms with Crippen molar-refractivity contribution in [1.29, 1.82) is 0 Å². The lowest BCUT2D eigenvalue weighted by molar-refractivity contribution is 0.295. The molecule has 0 aliphatic carbocycles. The van der Waals surface area contributed by atoms with Crippen LogP contribution in [0.3, 0.4) is 0 Å². The van der Waals surface area contributed by atoms with E-state index in [0.717, 1.165) is 18.3 Å². The Balaban J connectivity index is 2.05. The van der Waals surface area contributed by atoms with Gasteiger partial charge in [-0.05, 0) is 25.9 Å². The Labute approximate surface area is 86.0 Å². The second-order valence-corrected chi connectivity index (χ2v) is 3.93. The highest BCUT2D eigenvalue weighted by Gasteiger charge is 2.18. The molecule has 0 bridgehead atoms. The molecule has 1 aliphatic rings. The number of likely N-dealkylation sites (tertiary alicyclic amines) is 1. The van der Waals surface area contributed by atoms with E-state index in [1.165, 1.54) is 19.5 Å². The van der Waals surface area contributed by atoms with Crippen molar-refractivity contribution in [1.82, 2.24) is 15.5 Å². The highest BCUT2D eigenvalue weighted by atomic mass is 16.3. The van der Waals surface area contributed by atoms with Crippen LogP contribution in [0.5, 0.6) is 0 Å². The van der Waals surface area contributed by atoms with Gasteiger partial charge in [-0.1, -0.05) is 6.58 Å². The molecular weight excluding hydrogens is 178 g/mol. The van der Waals surface area contributed by atoms with Crippen molar-refractivity contribution in [2.24, 2.45) is 5.92 Å². The molecular formula is C10H21N3O. The van der Waals surface area contributed by atoms with Crippen LogP contribution in [0.15, 0.2) is 12.4 Å². The summed E-state index contributed by atoms with van der Waals surface area (Å²) in [6, 6.07) is 0. The summed E-state index contributed by atoms with van der Waals surface area (Å²) >= 11 is 0. The first-order valence-corrected chi connectivity index (χ1v) is 5.18. The van der Waals surface area contributed by atoms with Gasteiger partial charge in [-0.25, -0.2) is 0 Å². The zero-order chi connectivity index (χ0) is 10.4. The van der Waals surface area contributed by atoms with E-state index in [1.54, 1.807) is 0 Å². The molecule has 1 atom stereocenters. The van der Waals surface area contributed by atoms with E-state index in [0.29, 0.717) is 6.54 Å². The normalized spacial score (nSPS) is 22.3. The van der Waals surface area contributed by atoms with Gasteiger partial charge in [-0.2, -0.15) is 0 Å². The van der Waals surface area contributed by atoms with Gasteiger partial charge in [0.1, 0.15) is 0 Å². The zero-order valence-corrected chi connectivity index (χ0v) is 8.92. The van der Waals surface area contributed by atoms with Crippen LogP contribution in [-0.2, 0) is 0 Å². The Kier molecular flexibility index (Phi) is 4.76. The van der Waals surface area contributed by atoms with Crippen LogP contribution in [0.4, 0.5) is 0 Å². The maximum Gasteiger partial charge on any atom is 0.0913 e. The molecule has 0 spiro atoms. The number of rotatable bonds is 6. The Morgan fingerprint density at radius 3 is 2.93 bits per heavy atom. The van der Waals surface area contributed by atoms with E-state index >= 15 is 0 Å². The Bertz CT molecular complexity index is 184. The van der Waals surface area contributed by atoms with Crippen molar-refractivity contribution < 1.29 is 5.11 Å². The van der Waals surface area contributed by atoms with Gasteiger partial charge in [0.25, 0.3) is 0 Å². The molecule has 0 amide bonds. The van der Waals surface area contributed by atoms with Gasteiger partial charge < -0.3 is 20.6 Å². The fourth-order valence-corrected chi connectivity index (χ4v) is 1.73. The Morgan fingerprint density at radius 2 is 2.36 bits per heavy atom. The van der Waals surface area contributed by atoms with Crippen LogP contribution in [0.2, 0.25) is 0 Å². The summed E-state index contributed by atoms with van der Waals surface area (Å²) < 4.78 is 0. The number of aliphatic hydroxyl groups is 1. The van der Waals surface area contributed by atoms with Crippen molar-refractivity contribution >= 4 is 0 Å². The van der Waals surface area contributed by atoms with E-state index in [1.807, 2.05) is 0 Å². The van der Waals surface area contributed by atoms with E-state index in [2.05, 4.69) is 29.2 Å². The van der Waals surface area contributed by atoms with Crippen molar-refractivity contribution in [3.8, 4) is 0 Å². The first kappa shape index (κ1) is 11.3. The minimum absolute atomic E-state index is 0.146. The molecule has 0 radical (unpaired) electrons. The molecule has 0 aromatic carbocycles. The Morgan fingerprint density at radius 1 is 1.57 bits per heavy atom. The summed E-state index contributed by atoms with van der Waals surface area (Å²) in [6.07, 6.45) is 1.26. The molecule has 4 heteroatoms. The van der Waals surface area contributed by atoms with Gasteiger partial charge in [0.15, 0.2) is 0 Å². The van der Waals surface area contributed by atoms with E-state index < -0.39 is 0 Å². The smallest absolute Gasteiger partial charge is 0.0913 e. The molecule has 1 unspecified atom stereocenters. The molecule has 14 heavy (non-hydrogen) atoms. The van der Waals surface area contributed by atoms with Crippen LogP contribution in [-0.4, -0.2) is 49.8 Å². The summed E-state index contributed by atoms with van der Waals surface area (Å²) in [5.41, 5.74) is 0. The molecule has 0 saturated carbocycles. The number of hydrogen-bond donors (Lipinski definition) is 3. The second kappa shape index (κ2) is 5.88. The minimum Gasteiger partial charge on any atom is -0.395 e. The third-order valence-corrected chi connectivity index (χ3v) is 2.54. The van der Waals surface area contributed by atoms with Crippen molar-refractivity contribution in [2.75, 3.05) is 39.8 Å². The molecule has 0 aromatic heterocycles. The lowest BCUT2D eigenvalue weighted by Gasteiger charge is -2.15. The lowest BCUT2D eigenvalue weighted by Crippen LogP contribution is -2.31. The standard InChI is InChI=1S/C10H21N3O/c1-9(11-4-6-14)12-7-10-3-5-13(2)8-10/h10-12,14H,1,3-8H2,2H3. The summed E-state index contributed by atoms with van der Waals surface area (Å²) in [5, 5.41) is 14.8. The summed E-state index contributed by atoms with van der Waals surface area (Å²) in [4.78, 5) is 2.34. The lowest BCUT2D eigenvalue weighted by atomic mass is 10.1. The molecule has 0 aromatic rings. The topological polar surface area (TPSA) is 47.5 Å². The summed E-state index contributed by atoms with van der Waals surface area (Å²) in [7, 11) is 2.15. The quantitative estimate of drug-likeness (QED) is 0.544. The molecule has 3 N–H and O–H groups in total. The predicted molar refractivity (Wildman–Crippen MR) is 57.8 cm³/mol. The molecule has 1 rings (SSSR count). The van der Waals surface area contributed by atoms with Gasteiger partial charge in [-0.3, -0.25) is 0 Å². The fourth-order valence-electron chi connectivity index (χ4n) is 1.73. The summed E-state index contributed by atoms with van der Waals surface area (Å²) in [6.45, 7) is 7.87. The molecule has 1 fully saturated rings. The van der Waals surface area contributed by atoms with Gasteiger partial charge in [0, 0.05) is 19.6 Å². The van der Waals surface area contributed by atoms with Crippen molar-refractivity contribution in [3.63, 3.8) is 0 Å². The maximum absolute atomic E-state index is 8.59. The third kappa shape index (κ3) is 3.98. The third-order valence-electron chi connectivity index (χ3n) is 2.54. The van der Waals surface area contributed by atoms with E-state index in [4.69, 9.17) is 5.11 Å². The number of hydrogen-bond acceptors (Lipinski definition) is 4. The average Bonchev–Trinajstić information content (AvgIpc) is 2.58. The molecule has 4 nitrogen and oxygen atoms in total. The molecule has 1 heterocycles. The molecule has 1 aliphatic heterocycles. The van der Waals surface area contributed by atoms with Gasteiger partial charge in [0.05, 0.1) is 12.4 Å². The average molecular weight is 199 g/mol. The SMILES string of the molecule is C=C(NCCO)NCC1CCN(C)C1. The predicted octanol–water partition coefficient (Wildman–Crippen LogP) is -0.419. The zero-order valence-electron chi connectivity index (χ0n) is 8.92. The van der Waals surface area contributed by atoms with Crippen LogP contribution < -0.4 is 10.6 Å². The van der Waals surface area contributed by atoms with Gasteiger partial charge in [0.2, 0.25) is 0 Å². The van der Waals surface area contributed by atoms with Crippen LogP contribution in [0.1, 0.15) is 6.42 Å². The minimum atomic E-state index is 0.146. The number of aliphatic hydroxyl groups excluding tert-OH is 1. The van der Waals surface area contributed by atoms with Crippen LogP contribution in [0, 0.1) is 5.92 Å². The number of nitrogens with one attached hydrogen (secondary N) is 2.